The van der Waals surface area contributed by atoms with Crippen LogP contribution in [0.15, 0.2) is 140 Å². The van der Waals surface area contributed by atoms with Crippen LogP contribution in [-0.2, 0) is 136 Å². The van der Waals surface area contributed by atoms with E-state index in [4.69, 9.17) is 35.2 Å². The monoisotopic (exact) mass is 1910 g/mol. The standard InChI is InChI=1S/C99H131N15O22S/c1-9-60(6)87-97(128)111-80(99(130)131)49-65-28-32-72(33-29-65)136-55-67-44-66-45-68(46-67)56-137-57-81(95(126)112-86(59(4)5)98(129)114-37-16-25-82(114)96(127)110-76(43-58(2)3)92(123)106-74(90(121)113-87)34-35-83(100)116)105-85(118)52-103-89(120)77(48-63-19-11-10-12-20-63)108-94(125)79(51-84(101)117)109-93(124)78(50-70-23-15-22-69-21-13-14-24-73(69)70)107-88(119)62(8)104-91(122)75(47-64-26-30-71(31-27-64)135-54-66)102-36-42-133-40-17-38-132-39-18-41-134-53-61(7)115/h10-15,19-24,26-33,44-46,58-60,62,74-82,86-87,102H,9,16-18,25,34-43,47-57H2,1-8H3,(H2,100,116)(H2,101,117)(H,103,120)(H,104,122)(H,105,118)(H,106,123)(H,107,119)(H,108,125)(H,109,124)(H,110,127)(H,111,128)(H,112,126)(H,113,121)(H,130,131)/t60-,62-,74-,75-,76+,77+,78-,79+,80+,81+,82+,86+,87?/m1/s1. The van der Waals surface area contributed by atoms with Crippen LogP contribution in [0.2, 0.25) is 0 Å². The number of nitrogens with zero attached hydrogens (tertiary/aromatic N) is 1. The average Bonchev–Trinajstić information content (AvgIpc) is 1.80. The molecule has 0 radical (unpaired) electrons. The second kappa shape index (κ2) is 54.7. The highest BCUT2D eigenvalue weighted by Crippen LogP contribution is 2.27. The third-order valence-corrected chi connectivity index (χ3v) is 24.6. The van der Waals surface area contributed by atoms with E-state index in [0.29, 0.717) is 108 Å². The van der Waals surface area contributed by atoms with Crippen LogP contribution in [0, 0.1) is 17.8 Å². The lowest BCUT2D eigenvalue weighted by Gasteiger charge is -2.32. The smallest absolute Gasteiger partial charge is 0.326 e. The molecule has 8 bridgehead atoms. The molecule has 11 rings (SSSR count). The molecule has 37 nitrogen and oxygen atoms in total. The number of rotatable bonds is 29. The van der Waals surface area contributed by atoms with E-state index in [1.807, 2.05) is 42.5 Å². The molecule has 0 saturated carbocycles. The number of ketones is 1. The highest BCUT2D eigenvalue weighted by Gasteiger charge is 2.43. The number of benzene rings is 6. The number of nitrogens with one attached hydrogen (secondary N) is 12. The van der Waals surface area contributed by atoms with Gasteiger partial charge >= 0.3 is 5.97 Å². The SMILES string of the molecule is CC[C@@H](C)C1NC(=O)[C@@H](CCC(N)=O)NC(=O)[C@H](CC(C)C)NC(=O)[C@@H]2CCCN2C(=O)[C@H](C(C)C)NC(=O)[C@@H]2CSCc3cc(cc(c3)COc3ccc(cc3)C[C@@H](NCCOCCCOCCCOCC(C)=O)C(=O)N[C@H](C)C(=O)N[C@H](Cc3cccc4ccccc34)C(=O)N[C@@H](CC(N)=O)C(=O)N[C@@H](Cc3ccccc3)C(=O)NCC(=O)N2)COc2ccc(cc2)C[C@@H](C(=O)O)NC1=O. The quantitative estimate of drug-likeness (QED) is 0.0237. The number of hydrogen-bond donors (Lipinski definition) is 15. The number of amides is 14. The average molecular weight is 1920 g/mol. The summed E-state index contributed by atoms with van der Waals surface area (Å²) in [5.74, 6) is -14.5. The van der Waals surface area contributed by atoms with Gasteiger partial charge in [-0.05, 0) is 157 Å². The lowest BCUT2D eigenvalue weighted by Crippen LogP contribution is -2.61. The molecule has 5 aliphatic rings. The fourth-order valence-corrected chi connectivity index (χ4v) is 16.9. The minimum absolute atomic E-state index is 0.00125. The van der Waals surface area contributed by atoms with E-state index in [1.54, 1.807) is 139 Å². The molecule has 13 atom stereocenters. The van der Waals surface area contributed by atoms with E-state index in [2.05, 4.69) is 63.8 Å². The minimum Gasteiger partial charge on any atom is -0.489 e. The molecule has 6 aromatic carbocycles. The molecule has 0 spiro atoms. The number of aliphatic carboxylic acids is 1. The first kappa shape index (κ1) is 108. The van der Waals surface area contributed by atoms with E-state index < -0.39 is 192 Å². The van der Waals surface area contributed by atoms with Crippen LogP contribution in [-0.4, -0.2) is 242 Å². The van der Waals surface area contributed by atoms with Crippen LogP contribution in [0.25, 0.3) is 10.8 Å². The summed E-state index contributed by atoms with van der Waals surface area (Å²) in [5, 5.41) is 45.2. The molecule has 740 valence electrons. The fourth-order valence-electron chi connectivity index (χ4n) is 15.9. The summed E-state index contributed by atoms with van der Waals surface area (Å²) in [6, 6.07) is 23.1. The molecule has 1 saturated heterocycles. The second-order valence-electron chi connectivity index (χ2n) is 35.5. The van der Waals surface area contributed by atoms with Gasteiger partial charge in [-0.3, -0.25) is 71.9 Å². The van der Waals surface area contributed by atoms with E-state index >= 15 is 14.4 Å². The zero-order valence-electron chi connectivity index (χ0n) is 78.9. The molecule has 1 unspecified atom stereocenters. The molecule has 5 heterocycles. The van der Waals surface area contributed by atoms with Gasteiger partial charge in [0.1, 0.15) is 97.8 Å². The predicted molar refractivity (Wildman–Crippen MR) is 510 cm³/mol. The maximum absolute atomic E-state index is 15.4. The molecule has 14 amide bonds. The minimum atomic E-state index is -1.81. The van der Waals surface area contributed by atoms with Crippen molar-refractivity contribution < 1.29 is 106 Å². The molecule has 137 heavy (non-hydrogen) atoms. The van der Waals surface area contributed by atoms with Crippen molar-refractivity contribution in [3.63, 3.8) is 0 Å². The maximum atomic E-state index is 15.4. The highest BCUT2D eigenvalue weighted by molar-refractivity contribution is 7.98. The summed E-state index contributed by atoms with van der Waals surface area (Å²) in [6.45, 7) is 14.2. The third-order valence-electron chi connectivity index (χ3n) is 23.5. The largest absolute Gasteiger partial charge is 0.489 e. The van der Waals surface area contributed by atoms with Gasteiger partial charge in [0.05, 0.1) is 25.6 Å². The molecule has 38 heteroatoms. The second-order valence-corrected chi connectivity index (χ2v) is 36.6. The van der Waals surface area contributed by atoms with Crippen molar-refractivity contribution in [2.75, 3.05) is 65.0 Å². The number of Topliss-reactive ketones (excluding diaryl/α,β-unsaturated/α-hetero) is 1. The maximum Gasteiger partial charge on any atom is 0.326 e. The summed E-state index contributed by atoms with van der Waals surface area (Å²) in [7, 11) is 0. The number of hydrogen-bond acceptors (Lipinski definition) is 23. The zero-order valence-corrected chi connectivity index (χ0v) is 79.7. The number of carboxylic acid groups (broad SMARTS) is 1. The molecule has 17 N–H and O–H groups in total. The Morgan fingerprint density at radius 1 is 0.547 bits per heavy atom. The van der Waals surface area contributed by atoms with E-state index in [-0.39, 0.29) is 108 Å². The molecule has 0 aliphatic carbocycles. The Labute approximate surface area is 801 Å². The van der Waals surface area contributed by atoms with Gasteiger partial charge in [0, 0.05) is 76.7 Å². The van der Waals surface area contributed by atoms with Gasteiger partial charge < -0.3 is 109 Å². The molecule has 5 aliphatic heterocycles. The van der Waals surface area contributed by atoms with Crippen molar-refractivity contribution in [3.8, 4) is 11.5 Å². The molecular weight excluding hydrogens is 1780 g/mol. The Hall–Kier alpha value is -12.9. The molecule has 6 aromatic rings. The van der Waals surface area contributed by atoms with Gasteiger partial charge in [-0.1, -0.05) is 157 Å². The summed E-state index contributed by atoms with van der Waals surface area (Å²) in [4.78, 5) is 229. The molecular formula is C99H131N15O22S. The Morgan fingerprint density at radius 2 is 1.12 bits per heavy atom. The number of carbonyl (C=O) groups is 16. The molecule has 0 aromatic heterocycles. The van der Waals surface area contributed by atoms with Crippen molar-refractivity contribution in [3.05, 3.63) is 178 Å². The van der Waals surface area contributed by atoms with Crippen molar-refractivity contribution in [1.29, 1.82) is 0 Å². The van der Waals surface area contributed by atoms with Crippen LogP contribution in [0.1, 0.15) is 152 Å². The van der Waals surface area contributed by atoms with E-state index in [0.717, 1.165) is 5.39 Å². The summed E-state index contributed by atoms with van der Waals surface area (Å²) in [5.41, 5.74) is 15.6. The normalized spacial score (nSPS) is 22.6. The van der Waals surface area contributed by atoms with Crippen molar-refractivity contribution in [1.82, 2.24) is 68.7 Å². The highest BCUT2D eigenvalue weighted by atomic mass is 32.2. The van der Waals surface area contributed by atoms with Gasteiger partial charge in [-0.2, -0.15) is 11.8 Å². The van der Waals surface area contributed by atoms with Gasteiger partial charge in [0.15, 0.2) is 5.78 Å². The molecule has 1 fully saturated rings. The van der Waals surface area contributed by atoms with Gasteiger partial charge in [0.25, 0.3) is 0 Å². The van der Waals surface area contributed by atoms with Crippen LogP contribution < -0.4 is 84.7 Å². The summed E-state index contributed by atoms with van der Waals surface area (Å²) < 4.78 is 29.9. The lowest BCUT2D eigenvalue weighted by atomic mass is 9.96. The number of ether oxygens (including phenoxy) is 5. The van der Waals surface area contributed by atoms with E-state index in [1.165, 1.54) is 30.5 Å². The van der Waals surface area contributed by atoms with Crippen LogP contribution in [0.3, 0.4) is 0 Å². The lowest BCUT2D eigenvalue weighted by molar-refractivity contribution is -0.143. The number of fused-ring (bicyclic) bond motifs is 40. The topological polar surface area (TPSA) is 539 Å². The number of primary amides is 2. The number of thioether (sulfide) groups is 1. The van der Waals surface area contributed by atoms with Gasteiger partial charge in [-0.25, -0.2) is 4.79 Å². The van der Waals surface area contributed by atoms with Crippen molar-refractivity contribution >= 4 is 117 Å². The zero-order chi connectivity index (χ0) is 99.2. The Bertz CT molecular complexity index is 5140. The first-order valence-corrected chi connectivity index (χ1v) is 47.7. The van der Waals surface area contributed by atoms with Crippen LogP contribution >= 0.6 is 11.8 Å². The first-order valence-electron chi connectivity index (χ1n) is 46.6. The fraction of sp³-hybridized carbons (Fsp3) is 0.495. The van der Waals surface area contributed by atoms with Crippen LogP contribution in [0.5, 0.6) is 11.5 Å². The van der Waals surface area contributed by atoms with E-state index in [9.17, 15) is 67.4 Å². The van der Waals surface area contributed by atoms with Crippen molar-refractivity contribution in [2.45, 2.75) is 230 Å². The summed E-state index contributed by atoms with van der Waals surface area (Å²) >= 11 is 1.20. The Kier molecular flexibility index (Phi) is 43.1. The Balaban J connectivity index is 1.09. The van der Waals surface area contributed by atoms with Gasteiger partial charge in [0.2, 0.25) is 82.7 Å². The summed E-state index contributed by atoms with van der Waals surface area (Å²) in [6.07, 6.45) is -0.311. The van der Waals surface area contributed by atoms with Crippen molar-refractivity contribution in [2.24, 2.45) is 29.2 Å². The number of carbonyl (C=O) groups excluding carboxylic acids is 15. The van der Waals surface area contributed by atoms with Crippen LogP contribution in [0.4, 0.5) is 0 Å². The third kappa shape index (κ3) is 35.3. The number of nitrogens with two attached hydrogens (primary N) is 2. The predicted octanol–water partition coefficient (Wildman–Crippen LogP) is 3.15. The first-order chi connectivity index (χ1) is 65.6. The number of carboxylic acids is 1. The Morgan fingerprint density at radius 3 is 1.75 bits per heavy atom. The van der Waals surface area contributed by atoms with Gasteiger partial charge in [-0.15, -0.1) is 0 Å².